The summed E-state index contributed by atoms with van der Waals surface area (Å²) in [4.78, 5) is 14.0. The molecule has 0 saturated carbocycles. The van der Waals surface area contributed by atoms with Crippen LogP contribution in [0.25, 0.3) is 0 Å². The number of hydrogen-bond acceptors (Lipinski definition) is 5. The number of carbonyl (C=O) groups excluding carboxylic acids is 1. The Morgan fingerprint density at radius 3 is 2.35 bits per heavy atom. The lowest BCUT2D eigenvalue weighted by molar-refractivity contribution is -0.117. The van der Waals surface area contributed by atoms with Gasteiger partial charge in [-0.25, -0.2) is 0 Å². The maximum Gasteiger partial charge on any atom is 0.238 e. The molecule has 0 spiro atoms. The molecule has 2 aromatic rings. The van der Waals surface area contributed by atoms with Crippen molar-refractivity contribution in [1.82, 2.24) is 15.1 Å². The lowest BCUT2D eigenvalue weighted by Crippen LogP contribution is -2.32. The number of likely N-dealkylation sites (N-methyl/N-ethyl adjacent to an activating group) is 1. The summed E-state index contributed by atoms with van der Waals surface area (Å²) in [5.74, 6) is 1.06. The Morgan fingerprint density at radius 2 is 1.78 bits per heavy atom. The molecule has 0 unspecified atom stereocenters. The summed E-state index contributed by atoms with van der Waals surface area (Å²) >= 11 is 0. The van der Waals surface area contributed by atoms with Gasteiger partial charge in [0.1, 0.15) is 5.75 Å². The summed E-state index contributed by atoms with van der Waals surface area (Å²) in [5, 5.41) is 10.8. The first-order valence-electron chi connectivity index (χ1n) is 7.71. The second-order valence-electron chi connectivity index (χ2n) is 5.15. The number of carbonyl (C=O) groups is 1. The van der Waals surface area contributed by atoms with E-state index in [9.17, 15) is 4.79 Å². The topological polar surface area (TPSA) is 67.4 Å². The van der Waals surface area contributed by atoms with E-state index in [4.69, 9.17) is 4.74 Å². The third-order valence-electron chi connectivity index (χ3n) is 3.40. The highest BCUT2D eigenvalue weighted by molar-refractivity contribution is 5.92. The van der Waals surface area contributed by atoms with Gasteiger partial charge in [0.25, 0.3) is 0 Å². The van der Waals surface area contributed by atoms with E-state index in [0.29, 0.717) is 18.2 Å². The van der Waals surface area contributed by atoms with Crippen molar-refractivity contribution in [3.63, 3.8) is 0 Å². The van der Waals surface area contributed by atoms with Crippen LogP contribution in [-0.2, 0) is 4.79 Å². The minimum atomic E-state index is -0.0215. The molecule has 0 atom stereocenters. The summed E-state index contributed by atoms with van der Waals surface area (Å²) < 4.78 is 5.60. The van der Waals surface area contributed by atoms with Gasteiger partial charge in [-0.3, -0.25) is 9.69 Å². The molecule has 1 amide bonds. The molecule has 6 nitrogen and oxygen atoms in total. The number of rotatable bonds is 7. The maximum atomic E-state index is 11.9. The second kappa shape index (κ2) is 8.24. The summed E-state index contributed by atoms with van der Waals surface area (Å²) in [7, 11) is 0. The fraction of sp³-hybridized carbons (Fsp3) is 0.353. The van der Waals surface area contributed by atoms with Crippen LogP contribution in [-0.4, -0.2) is 40.6 Å². The molecule has 0 saturated heterocycles. The van der Waals surface area contributed by atoms with E-state index in [1.165, 1.54) is 0 Å². The number of nitrogens with zero attached hydrogens (tertiary/aromatic N) is 3. The molecule has 1 aromatic heterocycles. The van der Waals surface area contributed by atoms with Crippen LogP contribution in [0.15, 0.2) is 36.4 Å². The van der Waals surface area contributed by atoms with E-state index in [1.807, 2.05) is 26.8 Å². The van der Waals surface area contributed by atoms with E-state index >= 15 is 0 Å². The van der Waals surface area contributed by atoms with Crippen LogP contribution < -0.4 is 10.1 Å². The normalized spacial score (nSPS) is 10.6. The number of aryl methyl sites for hydroxylation is 1. The van der Waals surface area contributed by atoms with Crippen molar-refractivity contribution in [2.75, 3.05) is 25.0 Å². The molecule has 6 heteroatoms. The van der Waals surface area contributed by atoms with Gasteiger partial charge in [0.15, 0.2) is 0 Å². The van der Waals surface area contributed by atoms with Gasteiger partial charge in [0.05, 0.1) is 12.2 Å². The molecule has 0 aliphatic heterocycles. The molecule has 23 heavy (non-hydrogen) atoms. The van der Waals surface area contributed by atoms with Gasteiger partial charge in [-0.1, -0.05) is 13.8 Å². The lowest BCUT2D eigenvalue weighted by Gasteiger charge is -2.17. The highest BCUT2D eigenvalue weighted by Gasteiger charge is 2.07. The molecule has 0 fully saturated rings. The number of aromatic nitrogens is 2. The Kier molecular flexibility index (Phi) is 6.05. The first-order valence-corrected chi connectivity index (χ1v) is 7.71. The third kappa shape index (κ3) is 5.34. The van der Waals surface area contributed by atoms with E-state index < -0.39 is 0 Å². The summed E-state index contributed by atoms with van der Waals surface area (Å²) in [6.45, 7) is 8.05. The molecule has 0 radical (unpaired) electrons. The highest BCUT2D eigenvalue weighted by atomic mass is 16.5. The van der Waals surface area contributed by atoms with E-state index in [0.717, 1.165) is 24.5 Å². The molecule has 1 aromatic carbocycles. The zero-order valence-corrected chi connectivity index (χ0v) is 13.7. The number of benzene rings is 1. The minimum Gasteiger partial charge on any atom is -0.438 e. The number of amides is 1. The van der Waals surface area contributed by atoms with Gasteiger partial charge in [-0.15, -0.1) is 5.10 Å². The fourth-order valence-corrected chi connectivity index (χ4v) is 2.02. The summed E-state index contributed by atoms with van der Waals surface area (Å²) in [6, 6.07) is 10.8. The monoisotopic (exact) mass is 314 g/mol. The van der Waals surface area contributed by atoms with Gasteiger partial charge in [0, 0.05) is 11.8 Å². The number of ether oxygens (including phenoxy) is 1. The molecular formula is C17H22N4O2. The molecule has 0 aliphatic rings. The average molecular weight is 314 g/mol. The van der Waals surface area contributed by atoms with Gasteiger partial charge in [0.2, 0.25) is 11.8 Å². The first kappa shape index (κ1) is 16.9. The van der Waals surface area contributed by atoms with Crippen molar-refractivity contribution in [3.8, 4) is 11.6 Å². The maximum absolute atomic E-state index is 11.9. The Morgan fingerprint density at radius 1 is 1.09 bits per heavy atom. The molecule has 0 bridgehead atoms. The molecule has 1 heterocycles. The van der Waals surface area contributed by atoms with Crippen molar-refractivity contribution < 1.29 is 9.53 Å². The zero-order chi connectivity index (χ0) is 16.7. The second-order valence-corrected chi connectivity index (χ2v) is 5.15. The van der Waals surface area contributed by atoms with E-state index in [1.54, 1.807) is 30.3 Å². The van der Waals surface area contributed by atoms with Crippen molar-refractivity contribution in [1.29, 1.82) is 0 Å². The van der Waals surface area contributed by atoms with Crippen LogP contribution >= 0.6 is 0 Å². The molecule has 2 rings (SSSR count). The van der Waals surface area contributed by atoms with Gasteiger partial charge in [-0.05, 0) is 50.3 Å². The van der Waals surface area contributed by atoms with Crippen LogP contribution in [0, 0.1) is 6.92 Å². The lowest BCUT2D eigenvalue weighted by atomic mass is 10.3. The van der Waals surface area contributed by atoms with Crippen molar-refractivity contribution in [3.05, 3.63) is 42.1 Å². The van der Waals surface area contributed by atoms with Crippen LogP contribution in [0.5, 0.6) is 11.6 Å². The fourth-order valence-electron chi connectivity index (χ4n) is 2.02. The standard InChI is InChI=1S/C17H22N4O2/c1-4-21(5-2)12-16(22)18-14-7-9-15(10-8-14)23-17-11-6-13(3)19-20-17/h6-11H,4-5,12H2,1-3H3,(H,18,22). The minimum absolute atomic E-state index is 0.0215. The predicted octanol–water partition coefficient (Wildman–Crippen LogP) is 2.86. The average Bonchev–Trinajstić information content (AvgIpc) is 2.56. The molecule has 1 N–H and O–H groups in total. The van der Waals surface area contributed by atoms with Gasteiger partial charge >= 0.3 is 0 Å². The Hall–Kier alpha value is -2.47. The molecule has 122 valence electrons. The number of nitrogens with one attached hydrogen (secondary N) is 1. The summed E-state index contributed by atoms with van der Waals surface area (Å²) in [6.07, 6.45) is 0. The van der Waals surface area contributed by atoms with Crippen molar-refractivity contribution >= 4 is 11.6 Å². The third-order valence-corrected chi connectivity index (χ3v) is 3.40. The largest absolute Gasteiger partial charge is 0.438 e. The van der Waals surface area contributed by atoms with Crippen molar-refractivity contribution in [2.45, 2.75) is 20.8 Å². The van der Waals surface area contributed by atoms with Crippen LogP contribution in [0.3, 0.4) is 0 Å². The Bertz CT molecular complexity index is 622. The van der Waals surface area contributed by atoms with Crippen LogP contribution in [0.1, 0.15) is 19.5 Å². The predicted molar refractivity (Wildman–Crippen MR) is 89.7 cm³/mol. The smallest absolute Gasteiger partial charge is 0.238 e. The molecular weight excluding hydrogens is 292 g/mol. The molecule has 0 aliphatic carbocycles. The van der Waals surface area contributed by atoms with E-state index in [2.05, 4.69) is 20.4 Å². The van der Waals surface area contributed by atoms with Gasteiger partial charge < -0.3 is 10.1 Å². The van der Waals surface area contributed by atoms with Crippen LogP contribution in [0.2, 0.25) is 0 Å². The van der Waals surface area contributed by atoms with Crippen molar-refractivity contribution in [2.24, 2.45) is 0 Å². The Labute approximate surface area is 136 Å². The number of hydrogen-bond donors (Lipinski definition) is 1. The van der Waals surface area contributed by atoms with Gasteiger partial charge in [-0.2, -0.15) is 5.10 Å². The SMILES string of the molecule is CCN(CC)CC(=O)Nc1ccc(Oc2ccc(C)nn2)cc1. The highest BCUT2D eigenvalue weighted by Crippen LogP contribution is 2.21. The summed E-state index contributed by atoms with van der Waals surface area (Å²) in [5.41, 5.74) is 1.58. The van der Waals surface area contributed by atoms with E-state index in [-0.39, 0.29) is 5.91 Å². The zero-order valence-electron chi connectivity index (χ0n) is 13.7. The Balaban J connectivity index is 1.91. The quantitative estimate of drug-likeness (QED) is 0.851. The van der Waals surface area contributed by atoms with Crippen LogP contribution in [0.4, 0.5) is 5.69 Å². The number of anilines is 1. The first-order chi connectivity index (χ1) is 11.1.